The van der Waals surface area contributed by atoms with Crippen molar-refractivity contribution in [1.82, 2.24) is 4.90 Å². The number of benzene rings is 1. The van der Waals surface area contributed by atoms with Crippen LogP contribution in [0.25, 0.3) is 0 Å². The van der Waals surface area contributed by atoms with Crippen molar-refractivity contribution >= 4 is 5.91 Å². The minimum absolute atomic E-state index is 0.156. The van der Waals surface area contributed by atoms with Crippen LogP contribution in [-0.2, 0) is 4.79 Å². The normalized spacial score (nSPS) is 10.7. The maximum atomic E-state index is 12.1. The molecule has 0 atom stereocenters. The van der Waals surface area contributed by atoms with E-state index in [4.69, 9.17) is 4.74 Å². The Kier molecular flexibility index (Phi) is 6.56. The first-order chi connectivity index (χ1) is 9.49. The van der Waals surface area contributed by atoms with Gasteiger partial charge in [0.1, 0.15) is 5.75 Å². The molecule has 20 heavy (non-hydrogen) atoms. The maximum Gasteiger partial charge on any atom is 0.225 e. The van der Waals surface area contributed by atoms with E-state index in [9.17, 15) is 4.79 Å². The summed E-state index contributed by atoms with van der Waals surface area (Å²) in [5.41, 5.74) is 2.34. The van der Waals surface area contributed by atoms with Gasteiger partial charge in [-0.05, 0) is 38.3 Å². The van der Waals surface area contributed by atoms with Crippen molar-refractivity contribution < 1.29 is 9.53 Å². The van der Waals surface area contributed by atoms with Gasteiger partial charge in [-0.1, -0.05) is 31.5 Å². The molecule has 0 bridgehead atoms. The molecular formula is C17H27NO2. The van der Waals surface area contributed by atoms with Crippen molar-refractivity contribution in [2.75, 3.05) is 13.7 Å². The van der Waals surface area contributed by atoms with Crippen molar-refractivity contribution in [3.63, 3.8) is 0 Å². The molecule has 0 N–H and O–H groups in total. The molecule has 0 aliphatic carbocycles. The predicted octanol–water partition coefficient (Wildman–Crippen LogP) is 3.72. The Bertz CT molecular complexity index is 439. The standard InChI is InChI=1S/C17H27NO2/c1-6-15(7-2)18(5)17(19)10-11-20-16-9-8-13(3)12-14(16)4/h8-9,12,15H,6-7,10-11H2,1-5H3. The van der Waals surface area contributed by atoms with Crippen molar-refractivity contribution in [2.45, 2.75) is 53.0 Å². The minimum Gasteiger partial charge on any atom is -0.493 e. The van der Waals surface area contributed by atoms with Crippen LogP contribution in [-0.4, -0.2) is 30.5 Å². The van der Waals surface area contributed by atoms with Gasteiger partial charge < -0.3 is 9.64 Å². The zero-order valence-electron chi connectivity index (χ0n) is 13.4. The number of aryl methyl sites for hydroxylation is 2. The highest BCUT2D eigenvalue weighted by Crippen LogP contribution is 2.19. The Morgan fingerprint density at radius 2 is 1.90 bits per heavy atom. The van der Waals surface area contributed by atoms with Gasteiger partial charge in [-0.2, -0.15) is 0 Å². The van der Waals surface area contributed by atoms with Gasteiger partial charge in [-0.25, -0.2) is 0 Å². The first-order valence-electron chi connectivity index (χ1n) is 7.45. The molecule has 1 rings (SSSR count). The second-order valence-corrected chi connectivity index (χ2v) is 5.34. The summed E-state index contributed by atoms with van der Waals surface area (Å²) < 4.78 is 5.71. The largest absolute Gasteiger partial charge is 0.493 e. The molecule has 0 aliphatic rings. The van der Waals surface area contributed by atoms with Crippen LogP contribution in [0, 0.1) is 13.8 Å². The number of hydrogen-bond acceptors (Lipinski definition) is 2. The van der Waals surface area contributed by atoms with Crippen molar-refractivity contribution in [3.05, 3.63) is 29.3 Å². The van der Waals surface area contributed by atoms with Crippen LogP contribution in [0.4, 0.5) is 0 Å². The monoisotopic (exact) mass is 277 g/mol. The lowest BCUT2D eigenvalue weighted by atomic mass is 10.1. The average Bonchev–Trinajstić information content (AvgIpc) is 2.42. The molecule has 1 aromatic rings. The fourth-order valence-corrected chi connectivity index (χ4v) is 2.43. The van der Waals surface area contributed by atoms with Gasteiger partial charge in [0.2, 0.25) is 5.91 Å². The van der Waals surface area contributed by atoms with Gasteiger partial charge >= 0.3 is 0 Å². The number of ether oxygens (including phenoxy) is 1. The Hall–Kier alpha value is -1.51. The summed E-state index contributed by atoms with van der Waals surface area (Å²) in [6.45, 7) is 8.76. The minimum atomic E-state index is 0.156. The van der Waals surface area contributed by atoms with Crippen LogP contribution >= 0.6 is 0 Å². The molecule has 0 fully saturated rings. The first kappa shape index (κ1) is 16.5. The highest BCUT2D eigenvalue weighted by molar-refractivity contribution is 5.76. The lowest BCUT2D eigenvalue weighted by molar-refractivity contribution is -0.132. The molecule has 0 saturated carbocycles. The van der Waals surface area contributed by atoms with Gasteiger partial charge in [0.15, 0.2) is 0 Å². The molecule has 1 amide bonds. The number of nitrogens with zero attached hydrogens (tertiary/aromatic N) is 1. The van der Waals surface area contributed by atoms with Gasteiger partial charge in [0.25, 0.3) is 0 Å². The predicted molar refractivity (Wildman–Crippen MR) is 83.2 cm³/mol. The highest BCUT2D eigenvalue weighted by Gasteiger charge is 2.16. The summed E-state index contributed by atoms with van der Waals surface area (Å²) in [7, 11) is 1.89. The second-order valence-electron chi connectivity index (χ2n) is 5.34. The number of carbonyl (C=O) groups excluding carboxylic acids is 1. The van der Waals surface area contributed by atoms with E-state index >= 15 is 0 Å². The molecule has 0 heterocycles. The van der Waals surface area contributed by atoms with Crippen LogP contribution in [0.2, 0.25) is 0 Å². The quantitative estimate of drug-likeness (QED) is 0.760. The molecule has 3 nitrogen and oxygen atoms in total. The fourth-order valence-electron chi connectivity index (χ4n) is 2.43. The third kappa shape index (κ3) is 4.55. The van der Waals surface area contributed by atoms with E-state index in [-0.39, 0.29) is 5.91 Å². The molecule has 0 spiro atoms. The van der Waals surface area contributed by atoms with Crippen LogP contribution in [0.15, 0.2) is 18.2 Å². The Labute approximate surface area is 122 Å². The average molecular weight is 277 g/mol. The van der Waals surface area contributed by atoms with Crippen LogP contribution in [0.3, 0.4) is 0 Å². The summed E-state index contributed by atoms with van der Waals surface area (Å²) in [4.78, 5) is 13.9. The Balaban J connectivity index is 2.45. The van der Waals surface area contributed by atoms with Crippen molar-refractivity contribution in [3.8, 4) is 5.75 Å². The molecule has 0 saturated heterocycles. The molecule has 112 valence electrons. The highest BCUT2D eigenvalue weighted by atomic mass is 16.5. The molecule has 0 unspecified atom stereocenters. The summed E-state index contributed by atoms with van der Waals surface area (Å²) in [6, 6.07) is 6.43. The topological polar surface area (TPSA) is 29.5 Å². The lowest BCUT2D eigenvalue weighted by Gasteiger charge is -2.26. The van der Waals surface area contributed by atoms with Crippen molar-refractivity contribution in [1.29, 1.82) is 0 Å². The summed E-state index contributed by atoms with van der Waals surface area (Å²) in [5.74, 6) is 1.03. The molecular weight excluding hydrogens is 250 g/mol. The van der Waals surface area contributed by atoms with E-state index in [0.717, 1.165) is 24.2 Å². The second kappa shape index (κ2) is 7.93. The van der Waals surface area contributed by atoms with E-state index < -0.39 is 0 Å². The molecule has 0 aliphatic heterocycles. The third-order valence-electron chi connectivity index (χ3n) is 3.79. The van der Waals surface area contributed by atoms with E-state index in [1.165, 1.54) is 5.56 Å². The van der Waals surface area contributed by atoms with Crippen LogP contribution < -0.4 is 4.74 Å². The van der Waals surface area contributed by atoms with Crippen LogP contribution in [0.5, 0.6) is 5.75 Å². The van der Waals surface area contributed by atoms with E-state index in [1.807, 2.05) is 31.0 Å². The van der Waals surface area contributed by atoms with Gasteiger partial charge in [-0.3, -0.25) is 4.79 Å². The van der Waals surface area contributed by atoms with E-state index in [2.05, 4.69) is 26.8 Å². The number of carbonyl (C=O) groups is 1. The summed E-state index contributed by atoms with van der Waals surface area (Å²) >= 11 is 0. The maximum absolute atomic E-state index is 12.1. The van der Waals surface area contributed by atoms with E-state index in [1.54, 1.807) is 0 Å². The van der Waals surface area contributed by atoms with Gasteiger partial charge in [0, 0.05) is 13.1 Å². The van der Waals surface area contributed by atoms with E-state index in [0.29, 0.717) is 19.1 Å². The first-order valence-corrected chi connectivity index (χ1v) is 7.45. The molecule has 0 radical (unpaired) electrons. The smallest absolute Gasteiger partial charge is 0.225 e. The zero-order valence-corrected chi connectivity index (χ0v) is 13.4. The summed E-state index contributed by atoms with van der Waals surface area (Å²) in [5, 5.41) is 0. The SMILES string of the molecule is CCC(CC)N(C)C(=O)CCOc1ccc(C)cc1C. The Morgan fingerprint density at radius 3 is 2.45 bits per heavy atom. The van der Waals surface area contributed by atoms with Gasteiger partial charge in [-0.15, -0.1) is 0 Å². The lowest BCUT2D eigenvalue weighted by Crippen LogP contribution is -2.36. The fraction of sp³-hybridized carbons (Fsp3) is 0.588. The molecule has 3 heteroatoms. The number of rotatable bonds is 7. The number of hydrogen-bond donors (Lipinski definition) is 0. The Morgan fingerprint density at radius 1 is 1.25 bits per heavy atom. The summed E-state index contributed by atoms with van der Waals surface area (Å²) in [6.07, 6.45) is 2.42. The molecule has 0 aromatic heterocycles. The zero-order chi connectivity index (χ0) is 15.1. The van der Waals surface area contributed by atoms with Gasteiger partial charge in [0.05, 0.1) is 13.0 Å². The third-order valence-corrected chi connectivity index (χ3v) is 3.79. The number of amides is 1. The van der Waals surface area contributed by atoms with Crippen LogP contribution in [0.1, 0.15) is 44.2 Å². The molecule has 1 aromatic carbocycles. The van der Waals surface area contributed by atoms with Crippen molar-refractivity contribution in [2.24, 2.45) is 0 Å².